The molecular formula is C14H16BrNO3. The van der Waals surface area contributed by atoms with Crippen molar-refractivity contribution < 1.29 is 14.6 Å². The topological polar surface area (TPSA) is 58.6 Å². The number of hydrogen-bond acceptors (Lipinski definition) is 3. The van der Waals surface area contributed by atoms with Crippen molar-refractivity contribution in [1.82, 2.24) is 5.32 Å². The number of hydrogen-bond donors (Lipinski definition) is 2. The summed E-state index contributed by atoms with van der Waals surface area (Å²) < 4.78 is 6.77. The van der Waals surface area contributed by atoms with Gasteiger partial charge in [0, 0.05) is 16.9 Å². The van der Waals surface area contributed by atoms with Crippen LogP contribution >= 0.6 is 15.9 Å². The van der Waals surface area contributed by atoms with E-state index in [9.17, 15) is 4.79 Å². The molecule has 2 aliphatic heterocycles. The SMILES string of the molecule is O=C(O)C1CCC(Cc2cc(Br)cc3c2OCC3)N1. The second-order valence-electron chi connectivity index (χ2n) is 5.19. The maximum absolute atomic E-state index is 10.9. The lowest BCUT2D eigenvalue weighted by atomic mass is 10.0. The summed E-state index contributed by atoms with van der Waals surface area (Å²) in [7, 11) is 0. The van der Waals surface area contributed by atoms with Crippen molar-refractivity contribution >= 4 is 21.9 Å². The van der Waals surface area contributed by atoms with E-state index in [1.165, 1.54) is 11.1 Å². The molecule has 1 aromatic rings. The lowest BCUT2D eigenvalue weighted by Gasteiger charge is -2.15. The van der Waals surface area contributed by atoms with Crippen LogP contribution in [0, 0.1) is 0 Å². The first-order valence-corrected chi connectivity index (χ1v) is 7.36. The van der Waals surface area contributed by atoms with Crippen molar-refractivity contribution in [2.24, 2.45) is 0 Å². The highest BCUT2D eigenvalue weighted by Crippen LogP contribution is 2.34. The molecule has 2 aliphatic rings. The Morgan fingerprint density at radius 2 is 2.32 bits per heavy atom. The van der Waals surface area contributed by atoms with Gasteiger partial charge in [-0.15, -0.1) is 0 Å². The number of carbonyl (C=O) groups is 1. The molecule has 0 saturated carbocycles. The van der Waals surface area contributed by atoms with Crippen molar-refractivity contribution in [2.75, 3.05) is 6.61 Å². The molecule has 1 saturated heterocycles. The van der Waals surface area contributed by atoms with Gasteiger partial charge in [0.25, 0.3) is 0 Å². The molecule has 3 rings (SSSR count). The van der Waals surface area contributed by atoms with Crippen LogP contribution in [0.15, 0.2) is 16.6 Å². The zero-order chi connectivity index (χ0) is 13.4. The molecule has 2 atom stereocenters. The number of carboxylic acid groups (broad SMARTS) is 1. The Bertz CT molecular complexity index is 518. The Labute approximate surface area is 120 Å². The molecule has 1 fully saturated rings. The minimum atomic E-state index is -0.752. The van der Waals surface area contributed by atoms with Crippen LogP contribution in [0.1, 0.15) is 24.0 Å². The number of benzene rings is 1. The first-order chi connectivity index (χ1) is 9.13. The van der Waals surface area contributed by atoms with Crippen LogP contribution in [0.25, 0.3) is 0 Å². The predicted molar refractivity (Wildman–Crippen MR) is 74.6 cm³/mol. The van der Waals surface area contributed by atoms with E-state index in [1.54, 1.807) is 0 Å². The van der Waals surface area contributed by atoms with E-state index in [1.807, 2.05) is 0 Å². The van der Waals surface area contributed by atoms with Crippen molar-refractivity contribution in [3.8, 4) is 5.75 Å². The van der Waals surface area contributed by atoms with Gasteiger partial charge in [-0.1, -0.05) is 15.9 Å². The molecular weight excluding hydrogens is 310 g/mol. The first-order valence-electron chi connectivity index (χ1n) is 6.56. The molecule has 0 spiro atoms. The molecule has 0 aliphatic carbocycles. The van der Waals surface area contributed by atoms with E-state index in [2.05, 4.69) is 33.4 Å². The van der Waals surface area contributed by atoms with Gasteiger partial charge in [0.15, 0.2) is 0 Å². The summed E-state index contributed by atoms with van der Waals surface area (Å²) in [5.41, 5.74) is 2.42. The highest BCUT2D eigenvalue weighted by molar-refractivity contribution is 9.10. The first kappa shape index (κ1) is 12.9. The number of nitrogens with one attached hydrogen (secondary N) is 1. The third-order valence-corrected chi connectivity index (χ3v) is 4.29. The van der Waals surface area contributed by atoms with Crippen molar-refractivity contribution in [1.29, 1.82) is 0 Å². The fourth-order valence-electron chi connectivity index (χ4n) is 2.94. The highest BCUT2D eigenvalue weighted by Gasteiger charge is 2.30. The Hall–Kier alpha value is -1.07. The van der Waals surface area contributed by atoms with Crippen LogP contribution < -0.4 is 10.1 Å². The summed E-state index contributed by atoms with van der Waals surface area (Å²) in [6.07, 6.45) is 3.39. The van der Waals surface area contributed by atoms with Crippen LogP contribution in [-0.2, 0) is 17.6 Å². The molecule has 1 aromatic carbocycles. The minimum absolute atomic E-state index is 0.226. The Balaban J connectivity index is 1.76. The van der Waals surface area contributed by atoms with E-state index in [4.69, 9.17) is 9.84 Å². The Morgan fingerprint density at radius 1 is 1.47 bits per heavy atom. The smallest absolute Gasteiger partial charge is 0.320 e. The zero-order valence-corrected chi connectivity index (χ0v) is 12.1. The Kier molecular flexibility index (Phi) is 3.50. The molecule has 0 radical (unpaired) electrons. The molecule has 0 aromatic heterocycles. The third-order valence-electron chi connectivity index (χ3n) is 3.83. The van der Waals surface area contributed by atoms with Gasteiger partial charge in [-0.25, -0.2) is 0 Å². The number of fused-ring (bicyclic) bond motifs is 1. The maximum atomic E-state index is 10.9. The van der Waals surface area contributed by atoms with Gasteiger partial charge in [0.1, 0.15) is 11.8 Å². The number of carboxylic acids is 1. The molecule has 2 N–H and O–H groups in total. The van der Waals surface area contributed by atoms with E-state index >= 15 is 0 Å². The second kappa shape index (κ2) is 5.13. The van der Waals surface area contributed by atoms with Gasteiger partial charge in [-0.05, 0) is 42.5 Å². The van der Waals surface area contributed by atoms with E-state index < -0.39 is 12.0 Å². The molecule has 2 unspecified atom stereocenters. The quantitative estimate of drug-likeness (QED) is 0.893. The number of aliphatic carboxylic acids is 1. The fourth-order valence-corrected chi connectivity index (χ4v) is 3.49. The predicted octanol–water partition coefficient (Wildman–Crippen LogP) is 2.13. The summed E-state index contributed by atoms with van der Waals surface area (Å²) in [6, 6.07) is 4.02. The van der Waals surface area contributed by atoms with Crippen LogP contribution in [0.2, 0.25) is 0 Å². The molecule has 2 heterocycles. The fraction of sp³-hybridized carbons (Fsp3) is 0.500. The van der Waals surface area contributed by atoms with E-state index in [-0.39, 0.29) is 6.04 Å². The lowest BCUT2D eigenvalue weighted by molar-refractivity contribution is -0.139. The number of rotatable bonds is 3. The van der Waals surface area contributed by atoms with Gasteiger partial charge in [-0.3, -0.25) is 4.79 Å². The largest absolute Gasteiger partial charge is 0.493 e. The summed E-state index contributed by atoms with van der Waals surface area (Å²) >= 11 is 3.53. The van der Waals surface area contributed by atoms with Gasteiger partial charge in [0.2, 0.25) is 0 Å². The molecule has 19 heavy (non-hydrogen) atoms. The summed E-state index contributed by atoms with van der Waals surface area (Å²) in [5, 5.41) is 12.2. The average Bonchev–Trinajstić information content (AvgIpc) is 2.96. The second-order valence-corrected chi connectivity index (χ2v) is 6.10. The molecule has 4 nitrogen and oxygen atoms in total. The molecule has 102 valence electrons. The lowest BCUT2D eigenvalue weighted by Crippen LogP contribution is -2.36. The minimum Gasteiger partial charge on any atom is -0.493 e. The normalized spacial score (nSPS) is 25.1. The number of ether oxygens (including phenoxy) is 1. The van der Waals surface area contributed by atoms with Gasteiger partial charge in [0.05, 0.1) is 6.61 Å². The summed E-state index contributed by atoms with van der Waals surface area (Å²) in [5.74, 6) is 0.252. The molecule has 0 bridgehead atoms. The van der Waals surface area contributed by atoms with Crippen molar-refractivity contribution in [3.05, 3.63) is 27.7 Å². The van der Waals surface area contributed by atoms with Gasteiger partial charge in [-0.2, -0.15) is 0 Å². The molecule has 0 amide bonds. The van der Waals surface area contributed by atoms with Gasteiger partial charge >= 0.3 is 5.97 Å². The molecule has 5 heteroatoms. The standard InChI is InChI=1S/C14H16BrNO3/c15-10-5-8-3-4-19-13(8)9(6-10)7-11-1-2-12(16-11)14(17)18/h5-6,11-12,16H,1-4,7H2,(H,17,18). The van der Waals surface area contributed by atoms with Crippen LogP contribution in [0.4, 0.5) is 0 Å². The van der Waals surface area contributed by atoms with E-state index in [0.29, 0.717) is 6.42 Å². The summed E-state index contributed by atoms with van der Waals surface area (Å²) in [6.45, 7) is 0.745. The highest BCUT2D eigenvalue weighted by atomic mass is 79.9. The van der Waals surface area contributed by atoms with Crippen LogP contribution in [0.3, 0.4) is 0 Å². The van der Waals surface area contributed by atoms with Gasteiger partial charge < -0.3 is 15.2 Å². The maximum Gasteiger partial charge on any atom is 0.320 e. The Morgan fingerprint density at radius 3 is 3.05 bits per heavy atom. The summed E-state index contributed by atoms with van der Waals surface area (Å²) in [4.78, 5) is 10.9. The monoisotopic (exact) mass is 325 g/mol. The van der Waals surface area contributed by atoms with Crippen molar-refractivity contribution in [3.63, 3.8) is 0 Å². The van der Waals surface area contributed by atoms with Crippen LogP contribution in [-0.4, -0.2) is 29.8 Å². The van der Waals surface area contributed by atoms with Crippen LogP contribution in [0.5, 0.6) is 5.75 Å². The third kappa shape index (κ3) is 2.62. The number of halogens is 1. The average molecular weight is 326 g/mol. The van der Waals surface area contributed by atoms with E-state index in [0.717, 1.165) is 36.1 Å². The van der Waals surface area contributed by atoms with Crippen molar-refractivity contribution in [2.45, 2.75) is 37.8 Å². The zero-order valence-electron chi connectivity index (χ0n) is 10.5.